The smallest absolute Gasteiger partial charge is 0.0359 e. The van der Waals surface area contributed by atoms with Crippen LogP contribution in [0.25, 0.3) is 0 Å². The van der Waals surface area contributed by atoms with E-state index in [-0.39, 0.29) is 0 Å². The molecule has 0 aromatic rings. The molecule has 1 heterocycles. The zero-order valence-corrected chi connectivity index (χ0v) is 11.6. The summed E-state index contributed by atoms with van der Waals surface area (Å²) in [6, 6.07) is 0. The molecule has 2 fully saturated rings. The van der Waals surface area contributed by atoms with Gasteiger partial charge < -0.3 is 5.73 Å². The molecule has 2 unspecified atom stereocenters. The first-order valence-corrected chi connectivity index (χ1v) is 7.78. The Hall–Kier alpha value is -0.0800. The third-order valence-electron chi connectivity index (χ3n) is 5.25. The summed E-state index contributed by atoms with van der Waals surface area (Å²) in [5.41, 5.74) is 6.58. The summed E-state index contributed by atoms with van der Waals surface area (Å²) in [4.78, 5) is 2.79. The maximum Gasteiger partial charge on any atom is 0.0359 e. The van der Waals surface area contributed by atoms with Gasteiger partial charge in [-0.3, -0.25) is 4.90 Å². The van der Waals surface area contributed by atoms with Crippen LogP contribution in [-0.2, 0) is 0 Å². The second-order valence-corrected chi connectivity index (χ2v) is 6.06. The van der Waals surface area contributed by atoms with Crippen LogP contribution in [0.3, 0.4) is 0 Å². The molecule has 1 aliphatic heterocycles. The molecule has 0 aromatic heterocycles. The maximum atomic E-state index is 6.21. The van der Waals surface area contributed by atoms with Crippen LogP contribution in [0.2, 0.25) is 0 Å². The highest BCUT2D eigenvalue weighted by Crippen LogP contribution is 2.42. The van der Waals surface area contributed by atoms with Crippen LogP contribution in [0.15, 0.2) is 0 Å². The Morgan fingerprint density at radius 2 is 1.71 bits per heavy atom. The highest BCUT2D eigenvalue weighted by molar-refractivity contribution is 5.01. The fraction of sp³-hybridized carbons (Fsp3) is 1.00. The summed E-state index contributed by atoms with van der Waals surface area (Å²) >= 11 is 0. The first kappa shape index (κ1) is 13.4. The fourth-order valence-corrected chi connectivity index (χ4v) is 4.22. The number of likely N-dealkylation sites (tertiary alicyclic amines) is 1. The van der Waals surface area contributed by atoms with Gasteiger partial charge in [0.25, 0.3) is 0 Å². The van der Waals surface area contributed by atoms with Gasteiger partial charge in [-0.15, -0.1) is 0 Å². The second-order valence-electron chi connectivity index (χ2n) is 6.06. The average Bonchev–Trinajstić information content (AvgIpc) is 2.72. The number of nitrogens with zero attached hydrogens (tertiary/aromatic N) is 1. The first-order valence-electron chi connectivity index (χ1n) is 7.78. The van der Waals surface area contributed by atoms with Gasteiger partial charge in [0.15, 0.2) is 0 Å². The van der Waals surface area contributed by atoms with E-state index in [1.807, 2.05) is 0 Å². The second kappa shape index (κ2) is 6.19. The van der Waals surface area contributed by atoms with Crippen LogP contribution < -0.4 is 5.73 Å². The van der Waals surface area contributed by atoms with Crippen LogP contribution in [0.5, 0.6) is 0 Å². The molecule has 2 rings (SSSR count). The van der Waals surface area contributed by atoms with Crippen molar-refractivity contribution in [1.82, 2.24) is 4.90 Å². The van der Waals surface area contributed by atoms with Crippen LogP contribution >= 0.6 is 0 Å². The molecule has 1 saturated heterocycles. The van der Waals surface area contributed by atoms with Crippen molar-refractivity contribution in [2.75, 3.05) is 19.6 Å². The molecule has 0 spiro atoms. The fourth-order valence-electron chi connectivity index (χ4n) is 4.22. The van der Waals surface area contributed by atoms with Crippen LogP contribution in [-0.4, -0.2) is 30.1 Å². The number of hydrogen-bond acceptors (Lipinski definition) is 2. The molecule has 2 nitrogen and oxygen atoms in total. The van der Waals surface area contributed by atoms with E-state index in [2.05, 4.69) is 11.8 Å². The van der Waals surface area contributed by atoms with Crippen molar-refractivity contribution in [3.8, 4) is 0 Å². The summed E-state index contributed by atoms with van der Waals surface area (Å²) in [6.45, 7) is 5.83. The van der Waals surface area contributed by atoms with Gasteiger partial charge in [0.05, 0.1) is 0 Å². The van der Waals surface area contributed by atoms with E-state index in [4.69, 9.17) is 5.73 Å². The van der Waals surface area contributed by atoms with E-state index in [0.717, 1.165) is 12.5 Å². The Kier molecular flexibility index (Phi) is 4.87. The largest absolute Gasteiger partial charge is 0.329 e. The lowest BCUT2D eigenvalue weighted by Crippen LogP contribution is -2.57. The molecule has 2 N–H and O–H groups in total. The van der Waals surface area contributed by atoms with E-state index >= 15 is 0 Å². The molecule has 1 aliphatic carbocycles. The van der Waals surface area contributed by atoms with Gasteiger partial charge in [0.2, 0.25) is 0 Å². The van der Waals surface area contributed by atoms with E-state index in [9.17, 15) is 0 Å². The minimum atomic E-state index is 0.367. The summed E-state index contributed by atoms with van der Waals surface area (Å²) in [5.74, 6) is 0.854. The lowest BCUT2D eigenvalue weighted by molar-refractivity contribution is 0.0480. The topological polar surface area (TPSA) is 29.3 Å². The minimum Gasteiger partial charge on any atom is -0.329 e. The maximum absolute atomic E-state index is 6.21. The normalized spacial score (nSPS) is 36.7. The quantitative estimate of drug-likeness (QED) is 0.818. The monoisotopic (exact) mass is 238 g/mol. The van der Waals surface area contributed by atoms with E-state index in [0.29, 0.717) is 5.54 Å². The Labute approximate surface area is 107 Å². The third-order valence-corrected chi connectivity index (χ3v) is 5.25. The highest BCUT2D eigenvalue weighted by Gasteiger charge is 2.44. The zero-order chi connectivity index (χ0) is 12.1. The van der Waals surface area contributed by atoms with Gasteiger partial charge in [-0.05, 0) is 44.7 Å². The van der Waals surface area contributed by atoms with Crippen molar-refractivity contribution in [3.05, 3.63) is 0 Å². The SMILES string of the molecule is CCC1CCCC1(CN)N1CCCCCCC1. The van der Waals surface area contributed by atoms with Crippen molar-refractivity contribution in [2.24, 2.45) is 11.7 Å². The van der Waals surface area contributed by atoms with E-state index in [1.165, 1.54) is 70.9 Å². The molecule has 1 saturated carbocycles. The van der Waals surface area contributed by atoms with Crippen molar-refractivity contribution >= 4 is 0 Å². The number of rotatable bonds is 3. The molecule has 2 aliphatic rings. The van der Waals surface area contributed by atoms with E-state index < -0.39 is 0 Å². The molecule has 100 valence electrons. The molecule has 0 aromatic carbocycles. The summed E-state index contributed by atoms with van der Waals surface area (Å²) in [5, 5.41) is 0. The van der Waals surface area contributed by atoms with Gasteiger partial charge in [-0.25, -0.2) is 0 Å². The number of hydrogen-bond donors (Lipinski definition) is 1. The van der Waals surface area contributed by atoms with Crippen molar-refractivity contribution in [1.29, 1.82) is 0 Å². The van der Waals surface area contributed by atoms with Crippen molar-refractivity contribution in [2.45, 2.75) is 70.3 Å². The summed E-state index contributed by atoms with van der Waals surface area (Å²) in [6.07, 6.45) is 12.5. The van der Waals surface area contributed by atoms with Crippen LogP contribution in [0.1, 0.15) is 64.7 Å². The number of nitrogens with two attached hydrogens (primary N) is 1. The van der Waals surface area contributed by atoms with Gasteiger partial charge in [0.1, 0.15) is 0 Å². The molecule has 17 heavy (non-hydrogen) atoms. The zero-order valence-electron chi connectivity index (χ0n) is 11.6. The Balaban J connectivity index is 2.08. The molecule has 0 radical (unpaired) electrons. The first-order chi connectivity index (χ1) is 8.33. The van der Waals surface area contributed by atoms with Gasteiger partial charge in [-0.2, -0.15) is 0 Å². The standard InChI is InChI=1S/C15H30N2/c1-2-14-9-8-10-15(14,13-16)17-11-6-4-3-5-7-12-17/h14H,2-13,16H2,1H3. The average molecular weight is 238 g/mol. The molecule has 0 bridgehead atoms. The van der Waals surface area contributed by atoms with Crippen LogP contribution in [0.4, 0.5) is 0 Å². The Morgan fingerprint density at radius 1 is 1.06 bits per heavy atom. The van der Waals surface area contributed by atoms with Crippen LogP contribution in [0, 0.1) is 5.92 Å². The molecular formula is C15H30N2. The minimum absolute atomic E-state index is 0.367. The van der Waals surface area contributed by atoms with Gasteiger partial charge in [0, 0.05) is 12.1 Å². The predicted octanol–water partition coefficient (Wildman–Crippen LogP) is 3.16. The van der Waals surface area contributed by atoms with Crippen molar-refractivity contribution in [3.63, 3.8) is 0 Å². The lowest BCUT2D eigenvalue weighted by Gasteiger charge is -2.45. The Bertz CT molecular complexity index is 221. The summed E-state index contributed by atoms with van der Waals surface area (Å²) in [7, 11) is 0. The molecule has 2 heteroatoms. The van der Waals surface area contributed by atoms with Crippen molar-refractivity contribution < 1.29 is 0 Å². The molecular weight excluding hydrogens is 208 g/mol. The molecule has 0 amide bonds. The summed E-state index contributed by atoms with van der Waals surface area (Å²) < 4.78 is 0. The predicted molar refractivity (Wildman–Crippen MR) is 74.1 cm³/mol. The van der Waals surface area contributed by atoms with E-state index in [1.54, 1.807) is 0 Å². The molecule has 2 atom stereocenters. The van der Waals surface area contributed by atoms with Gasteiger partial charge in [-0.1, -0.05) is 39.0 Å². The highest BCUT2D eigenvalue weighted by atomic mass is 15.2. The van der Waals surface area contributed by atoms with Gasteiger partial charge >= 0.3 is 0 Å². The lowest BCUT2D eigenvalue weighted by atomic mass is 9.82. The third kappa shape index (κ3) is 2.68. The Morgan fingerprint density at radius 3 is 2.29 bits per heavy atom.